The molecule has 0 atom stereocenters. The Balaban J connectivity index is 1.56. The Bertz CT molecular complexity index is 854. The van der Waals surface area contributed by atoms with E-state index in [-0.39, 0.29) is 0 Å². The number of rotatable bonds is 10. The minimum atomic E-state index is 0.548. The summed E-state index contributed by atoms with van der Waals surface area (Å²) in [6, 6.07) is 19.8. The zero-order valence-electron chi connectivity index (χ0n) is 16.3. The molecule has 2 aromatic carbocycles. The van der Waals surface area contributed by atoms with Crippen molar-refractivity contribution in [2.45, 2.75) is 20.0 Å². The van der Waals surface area contributed by atoms with Crippen LogP contribution in [0.25, 0.3) is 0 Å². The highest BCUT2D eigenvalue weighted by molar-refractivity contribution is 5.56. The number of hydrogen-bond donors (Lipinski definition) is 2. The van der Waals surface area contributed by atoms with E-state index < -0.39 is 0 Å². The average molecular weight is 378 g/mol. The van der Waals surface area contributed by atoms with Gasteiger partial charge in [-0.1, -0.05) is 30.3 Å². The van der Waals surface area contributed by atoms with Gasteiger partial charge in [-0.05, 0) is 43.2 Å². The molecule has 0 saturated heterocycles. The highest BCUT2D eigenvalue weighted by Crippen LogP contribution is 2.20. The normalized spacial score (nSPS) is 10.5. The van der Waals surface area contributed by atoms with Crippen LogP contribution in [0.1, 0.15) is 17.7 Å². The molecule has 0 aliphatic rings. The summed E-state index contributed by atoms with van der Waals surface area (Å²) in [5, 5.41) is 6.54. The molecule has 0 aliphatic heterocycles. The second-order valence-electron chi connectivity index (χ2n) is 6.41. The molecule has 0 bridgehead atoms. The number of hydrogen-bond acceptors (Lipinski definition) is 6. The van der Waals surface area contributed by atoms with Gasteiger partial charge in [-0.15, -0.1) is 0 Å². The zero-order valence-corrected chi connectivity index (χ0v) is 16.3. The highest BCUT2D eigenvalue weighted by atomic mass is 16.5. The van der Waals surface area contributed by atoms with E-state index >= 15 is 0 Å². The van der Waals surface area contributed by atoms with E-state index in [0.717, 1.165) is 48.1 Å². The van der Waals surface area contributed by atoms with Crippen LogP contribution in [0, 0.1) is 6.92 Å². The van der Waals surface area contributed by atoms with Crippen LogP contribution in [-0.4, -0.2) is 30.2 Å². The molecule has 0 fully saturated rings. The van der Waals surface area contributed by atoms with E-state index in [2.05, 4.69) is 20.6 Å². The van der Waals surface area contributed by atoms with Crippen LogP contribution in [-0.2, 0) is 11.3 Å². The number of aryl methyl sites for hydroxylation is 1. The first-order valence-electron chi connectivity index (χ1n) is 9.35. The standard InChI is InChI=1S/C22H26N4O2/c1-17-15-21(23-13-6-14-27-2)26-22(24-17)25-19-9-11-20(12-10-19)28-16-18-7-4-3-5-8-18/h3-5,7-12,15H,6,13-14,16H2,1-2H3,(H2,23,24,25,26). The summed E-state index contributed by atoms with van der Waals surface area (Å²) in [5.74, 6) is 2.18. The van der Waals surface area contributed by atoms with Gasteiger partial charge in [-0.3, -0.25) is 0 Å². The number of ether oxygens (including phenoxy) is 2. The summed E-state index contributed by atoms with van der Waals surface area (Å²) in [6.45, 7) is 4.03. The number of nitrogens with zero attached hydrogens (tertiary/aromatic N) is 2. The fourth-order valence-corrected chi connectivity index (χ4v) is 2.65. The minimum absolute atomic E-state index is 0.548. The molecule has 0 aliphatic carbocycles. The third-order valence-corrected chi connectivity index (χ3v) is 4.04. The lowest BCUT2D eigenvalue weighted by Gasteiger charge is -2.11. The lowest BCUT2D eigenvalue weighted by atomic mass is 10.2. The molecular formula is C22H26N4O2. The third kappa shape index (κ3) is 6.25. The predicted octanol–water partition coefficient (Wildman–Crippen LogP) is 4.56. The lowest BCUT2D eigenvalue weighted by molar-refractivity contribution is 0.198. The maximum Gasteiger partial charge on any atom is 0.229 e. The van der Waals surface area contributed by atoms with Crippen molar-refractivity contribution < 1.29 is 9.47 Å². The molecule has 0 unspecified atom stereocenters. The maximum atomic E-state index is 5.82. The quantitative estimate of drug-likeness (QED) is 0.504. The Hall–Kier alpha value is -3.12. The molecule has 0 spiro atoms. The van der Waals surface area contributed by atoms with Gasteiger partial charge >= 0.3 is 0 Å². The van der Waals surface area contributed by atoms with Crippen molar-refractivity contribution in [2.75, 3.05) is 30.9 Å². The number of methoxy groups -OCH3 is 1. The smallest absolute Gasteiger partial charge is 0.229 e. The molecule has 1 heterocycles. The molecule has 0 radical (unpaired) electrons. The first kappa shape index (κ1) is 19.6. The summed E-state index contributed by atoms with van der Waals surface area (Å²) in [6.07, 6.45) is 0.923. The fourth-order valence-electron chi connectivity index (χ4n) is 2.65. The molecule has 1 aromatic heterocycles. The summed E-state index contributed by atoms with van der Waals surface area (Å²) in [4.78, 5) is 8.97. The van der Waals surface area contributed by atoms with Crippen LogP contribution in [0.15, 0.2) is 60.7 Å². The maximum absolute atomic E-state index is 5.82. The van der Waals surface area contributed by atoms with E-state index in [0.29, 0.717) is 12.6 Å². The molecule has 0 amide bonds. The summed E-state index contributed by atoms with van der Waals surface area (Å²) in [5.41, 5.74) is 2.95. The summed E-state index contributed by atoms with van der Waals surface area (Å²) >= 11 is 0. The van der Waals surface area contributed by atoms with Gasteiger partial charge in [0.05, 0.1) is 0 Å². The van der Waals surface area contributed by atoms with Gasteiger partial charge in [0.15, 0.2) is 0 Å². The van der Waals surface area contributed by atoms with Gasteiger partial charge in [0.1, 0.15) is 18.2 Å². The summed E-state index contributed by atoms with van der Waals surface area (Å²) < 4.78 is 10.9. The van der Waals surface area contributed by atoms with Crippen molar-refractivity contribution in [2.24, 2.45) is 0 Å². The van der Waals surface area contributed by atoms with Crippen LogP contribution in [0.5, 0.6) is 5.75 Å². The van der Waals surface area contributed by atoms with Crippen molar-refractivity contribution in [3.05, 3.63) is 71.9 Å². The van der Waals surface area contributed by atoms with Crippen LogP contribution in [0.2, 0.25) is 0 Å². The Morgan fingerprint density at radius 1 is 0.964 bits per heavy atom. The number of benzene rings is 2. The van der Waals surface area contributed by atoms with Gasteiger partial charge < -0.3 is 20.1 Å². The van der Waals surface area contributed by atoms with E-state index in [1.165, 1.54) is 0 Å². The Morgan fingerprint density at radius 2 is 1.75 bits per heavy atom. The van der Waals surface area contributed by atoms with Gasteiger partial charge in [0, 0.05) is 37.7 Å². The van der Waals surface area contributed by atoms with Crippen molar-refractivity contribution in [3.63, 3.8) is 0 Å². The van der Waals surface area contributed by atoms with Crippen LogP contribution in [0.3, 0.4) is 0 Å². The SMILES string of the molecule is COCCCNc1cc(C)nc(Nc2ccc(OCc3ccccc3)cc2)n1. The molecule has 3 rings (SSSR count). The van der Waals surface area contributed by atoms with Gasteiger partial charge in [0.25, 0.3) is 0 Å². The van der Waals surface area contributed by atoms with E-state index in [1.807, 2.05) is 67.6 Å². The van der Waals surface area contributed by atoms with E-state index in [4.69, 9.17) is 9.47 Å². The Kier molecular flexibility index (Phi) is 7.21. The van der Waals surface area contributed by atoms with Gasteiger partial charge in [-0.25, -0.2) is 4.98 Å². The van der Waals surface area contributed by atoms with Crippen LogP contribution >= 0.6 is 0 Å². The van der Waals surface area contributed by atoms with Gasteiger partial charge in [0.2, 0.25) is 5.95 Å². The molecule has 28 heavy (non-hydrogen) atoms. The second-order valence-corrected chi connectivity index (χ2v) is 6.41. The molecule has 6 nitrogen and oxygen atoms in total. The molecule has 3 aromatic rings. The van der Waals surface area contributed by atoms with Gasteiger partial charge in [-0.2, -0.15) is 4.98 Å². The topological polar surface area (TPSA) is 68.3 Å². The van der Waals surface area contributed by atoms with Crippen molar-refractivity contribution in [1.29, 1.82) is 0 Å². The second kappa shape index (κ2) is 10.3. The number of anilines is 3. The molecule has 2 N–H and O–H groups in total. The van der Waals surface area contributed by atoms with E-state index in [1.54, 1.807) is 7.11 Å². The van der Waals surface area contributed by atoms with E-state index in [9.17, 15) is 0 Å². The lowest BCUT2D eigenvalue weighted by Crippen LogP contribution is -2.08. The molecule has 146 valence electrons. The Morgan fingerprint density at radius 3 is 2.50 bits per heavy atom. The molecular weight excluding hydrogens is 352 g/mol. The van der Waals surface area contributed by atoms with Crippen molar-refractivity contribution >= 4 is 17.5 Å². The molecule has 0 saturated carbocycles. The first-order chi connectivity index (χ1) is 13.7. The van der Waals surface area contributed by atoms with Crippen molar-refractivity contribution in [1.82, 2.24) is 9.97 Å². The van der Waals surface area contributed by atoms with Crippen LogP contribution < -0.4 is 15.4 Å². The Labute approximate surface area is 166 Å². The first-order valence-corrected chi connectivity index (χ1v) is 9.35. The predicted molar refractivity (Wildman–Crippen MR) is 112 cm³/mol. The zero-order chi connectivity index (χ0) is 19.6. The minimum Gasteiger partial charge on any atom is -0.489 e. The number of aromatic nitrogens is 2. The molecule has 6 heteroatoms. The third-order valence-electron chi connectivity index (χ3n) is 4.04. The van der Waals surface area contributed by atoms with Crippen LogP contribution in [0.4, 0.5) is 17.5 Å². The monoisotopic (exact) mass is 378 g/mol. The summed E-state index contributed by atoms with van der Waals surface area (Å²) in [7, 11) is 1.70. The highest BCUT2D eigenvalue weighted by Gasteiger charge is 2.04. The fraction of sp³-hybridized carbons (Fsp3) is 0.273. The number of nitrogens with one attached hydrogen (secondary N) is 2. The van der Waals surface area contributed by atoms with Crippen molar-refractivity contribution in [3.8, 4) is 5.75 Å². The average Bonchev–Trinajstić information content (AvgIpc) is 2.71. The largest absolute Gasteiger partial charge is 0.489 e.